The fraction of sp³-hybridized carbons (Fsp3) is 0.333. The summed E-state index contributed by atoms with van der Waals surface area (Å²) in [4.78, 5) is 0. The summed E-state index contributed by atoms with van der Waals surface area (Å²) >= 11 is 0. The molecule has 0 aliphatic carbocycles. The molecule has 0 fully saturated rings. The van der Waals surface area contributed by atoms with Crippen LogP contribution in [-0.4, -0.2) is 13.6 Å². The summed E-state index contributed by atoms with van der Waals surface area (Å²) in [6.07, 6.45) is 6.62. The first-order chi connectivity index (χ1) is 6.43. The first kappa shape index (κ1) is 10.0. The second-order valence-corrected chi connectivity index (χ2v) is 3.05. The van der Waals surface area contributed by atoms with E-state index in [0.29, 0.717) is 0 Å². The third-order valence-electron chi connectivity index (χ3n) is 1.92. The maximum atomic E-state index is 3.12. The first-order valence-electron chi connectivity index (χ1n) is 4.77. The van der Waals surface area contributed by atoms with Gasteiger partial charge in [0, 0.05) is 0 Å². The van der Waals surface area contributed by atoms with Gasteiger partial charge in [0.2, 0.25) is 0 Å². The molecule has 0 atom stereocenters. The van der Waals surface area contributed by atoms with Crippen molar-refractivity contribution >= 4 is 0 Å². The molecule has 0 saturated carbocycles. The minimum absolute atomic E-state index is 1.05. The van der Waals surface area contributed by atoms with Crippen LogP contribution in [-0.2, 0) is 6.42 Å². The van der Waals surface area contributed by atoms with E-state index < -0.39 is 0 Å². The van der Waals surface area contributed by atoms with Gasteiger partial charge >= 0.3 is 0 Å². The fourth-order valence-corrected chi connectivity index (χ4v) is 1.18. The van der Waals surface area contributed by atoms with E-state index in [0.717, 1.165) is 19.4 Å². The average Bonchev–Trinajstić information content (AvgIpc) is 2.19. The first-order valence-corrected chi connectivity index (χ1v) is 4.77. The van der Waals surface area contributed by atoms with Crippen molar-refractivity contribution in [1.82, 2.24) is 5.32 Å². The van der Waals surface area contributed by atoms with Gasteiger partial charge in [-0.05, 0) is 32.0 Å². The Hall–Kier alpha value is -1.08. The van der Waals surface area contributed by atoms with Crippen LogP contribution >= 0.6 is 0 Å². The third kappa shape index (κ3) is 4.48. The minimum atomic E-state index is 1.05. The lowest BCUT2D eigenvalue weighted by molar-refractivity contribution is 0.806. The van der Waals surface area contributed by atoms with Crippen molar-refractivity contribution in [2.24, 2.45) is 0 Å². The van der Waals surface area contributed by atoms with Crippen LogP contribution in [0.4, 0.5) is 0 Å². The van der Waals surface area contributed by atoms with E-state index in [-0.39, 0.29) is 0 Å². The third-order valence-corrected chi connectivity index (χ3v) is 1.92. The molecule has 70 valence electrons. The molecule has 1 aromatic rings. The van der Waals surface area contributed by atoms with E-state index >= 15 is 0 Å². The number of hydrogen-bond acceptors (Lipinski definition) is 1. The van der Waals surface area contributed by atoms with Gasteiger partial charge in [0.15, 0.2) is 0 Å². The Labute approximate surface area is 80.5 Å². The topological polar surface area (TPSA) is 12.0 Å². The van der Waals surface area contributed by atoms with E-state index in [4.69, 9.17) is 0 Å². The van der Waals surface area contributed by atoms with Gasteiger partial charge in [-0.2, -0.15) is 0 Å². The molecule has 1 rings (SSSR count). The van der Waals surface area contributed by atoms with Crippen molar-refractivity contribution < 1.29 is 0 Å². The minimum Gasteiger partial charge on any atom is -0.319 e. The van der Waals surface area contributed by atoms with Crippen molar-refractivity contribution in [3.05, 3.63) is 48.0 Å². The van der Waals surface area contributed by atoms with Crippen molar-refractivity contribution in [2.45, 2.75) is 12.8 Å². The molecule has 0 saturated heterocycles. The lowest BCUT2D eigenvalue weighted by Crippen LogP contribution is -2.05. The second kappa shape index (κ2) is 6.44. The van der Waals surface area contributed by atoms with E-state index in [1.807, 2.05) is 13.1 Å². The fourth-order valence-electron chi connectivity index (χ4n) is 1.18. The summed E-state index contributed by atoms with van der Waals surface area (Å²) in [5, 5.41) is 3.12. The Morgan fingerprint density at radius 1 is 1.15 bits per heavy atom. The highest BCUT2D eigenvalue weighted by atomic mass is 14.8. The van der Waals surface area contributed by atoms with Crippen molar-refractivity contribution in [3.8, 4) is 0 Å². The summed E-state index contributed by atoms with van der Waals surface area (Å²) in [7, 11) is 1.98. The van der Waals surface area contributed by atoms with Crippen molar-refractivity contribution in [3.63, 3.8) is 0 Å². The Balaban J connectivity index is 2.23. The highest BCUT2D eigenvalue weighted by Gasteiger charge is 1.84. The molecule has 1 N–H and O–H groups in total. The molecule has 0 radical (unpaired) electrons. The Bertz CT molecular complexity index is 239. The average molecular weight is 175 g/mol. The molecule has 1 heteroatoms. The number of hydrogen-bond donors (Lipinski definition) is 1. The lowest BCUT2D eigenvalue weighted by Gasteiger charge is -1.94. The number of allylic oxidation sites excluding steroid dienone is 1. The van der Waals surface area contributed by atoms with Crippen molar-refractivity contribution in [2.75, 3.05) is 13.6 Å². The van der Waals surface area contributed by atoms with Crippen LogP contribution in [0.25, 0.3) is 0 Å². The van der Waals surface area contributed by atoms with Crippen LogP contribution in [0, 0.1) is 0 Å². The molecular weight excluding hydrogens is 158 g/mol. The summed E-state index contributed by atoms with van der Waals surface area (Å²) in [5.74, 6) is 0. The van der Waals surface area contributed by atoms with Gasteiger partial charge < -0.3 is 5.32 Å². The van der Waals surface area contributed by atoms with Crippen LogP contribution in [0.1, 0.15) is 12.0 Å². The summed E-state index contributed by atoms with van der Waals surface area (Å²) < 4.78 is 0. The maximum Gasteiger partial charge on any atom is -0.00173 e. The zero-order valence-electron chi connectivity index (χ0n) is 8.16. The van der Waals surface area contributed by atoms with Crippen LogP contribution in [0.15, 0.2) is 42.5 Å². The predicted molar refractivity (Wildman–Crippen MR) is 57.8 cm³/mol. The zero-order valence-corrected chi connectivity index (χ0v) is 8.16. The van der Waals surface area contributed by atoms with Gasteiger partial charge in [0.1, 0.15) is 0 Å². The maximum absolute atomic E-state index is 3.12. The quantitative estimate of drug-likeness (QED) is 0.535. The normalized spacial score (nSPS) is 10.8. The lowest BCUT2D eigenvalue weighted by atomic mass is 10.1. The molecule has 0 spiro atoms. The zero-order chi connectivity index (χ0) is 9.36. The van der Waals surface area contributed by atoms with Gasteiger partial charge in [0.05, 0.1) is 0 Å². The SMILES string of the molecule is CNCCC=CCc1ccccc1. The van der Waals surface area contributed by atoms with Crippen molar-refractivity contribution in [1.29, 1.82) is 0 Å². The predicted octanol–water partition coefficient (Wildman–Crippen LogP) is 2.39. The Morgan fingerprint density at radius 3 is 2.62 bits per heavy atom. The molecule has 0 amide bonds. The molecular formula is C12H17N. The molecule has 0 unspecified atom stereocenters. The van der Waals surface area contributed by atoms with E-state index in [9.17, 15) is 0 Å². The summed E-state index contributed by atoms with van der Waals surface area (Å²) in [6, 6.07) is 10.5. The summed E-state index contributed by atoms with van der Waals surface area (Å²) in [5.41, 5.74) is 1.38. The summed E-state index contributed by atoms with van der Waals surface area (Å²) in [6.45, 7) is 1.06. The monoisotopic (exact) mass is 175 g/mol. The molecule has 1 nitrogen and oxygen atoms in total. The number of rotatable bonds is 5. The molecule has 0 aliphatic rings. The largest absolute Gasteiger partial charge is 0.319 e. The smallest absolute Gasteiger partial charge is 0.00173 e. The van der Waals surface area contributed by atoms with Crippen LogP contribution < -0.4 is 5.32 Å². The van der Waals surface area contributed by atoms with Gasteiger partial charge in [-0.3, -0.25) is 0 Å². The molecule has 1 aromatic carbocycles. The van der Waals surface area contributed by atoms with E-state index in [2.05, 4.69) is 41.7 Å². The molecule has 0 heterocycles. The molecule has 0 bridgehead atoms. The van der Waals surface area contributed by atoms with Crippen LogP contribution in [0.3, 0.4) is 0 Å². The highest BCUT2D eigenvalue weighted by Crippen LogP contribution is 2.00. The second-order valence-electron chi connectivity index (χ2n) is 3.05. The molecule has 0 aliphatic heterocycles. The van der Waals surface area contributed by atoms with Gasteiger partial charge in [0.25, 0.3) is 0 Å². The Kier molecular flexibility index (Phi) is 4.95. The van der Waals surface area contributed by atoms with E-state index in [1.165, 1.54) is 5.56 Å². The van der Waals surface area contributed by atoms with Gasteiger partial charge in [-0.15, -0.1) is 0 Å². The van der Waals surface area contributed by atoms with Gasteiger partial charge in [-0.25, -0.2) is 0 Å². The highest BCUT2D eigenvalue weighted by molar-refractivity contribution is 5.17. The van der Waals surface area contributed by atoms with Gasteiger partial charge in [-0.1, -0.05) is 42.5 Å². The van der Waals surface area contributed by atoms with Crippen LogP contribution in [0.5, 0.6) is 0 Å². The number of benzene rings is 1. The standard InChI is InChI=1S/C12H17N/c1-13-11-7-3-6-10-12-8-4-2-5-9-12/h2-6,8-9,13H,7,10-11H2,1H3. The molecule has 0 aromatic heterocycles. The Morgan fingerprint density at radius 2 is 1.92 bits per heavy atom. The number of nitrogens with one attached hydrogen (secondary N) is 1. The molecule has 13 heavy (non-hydrogen) atoms. The van der Waals surface area contributed by atoms with E-state index in [1.54, 1.807) is 0 Å². The van der Waals surface area contributed by atoms with Crippen LogP contribution in [0.2, 0.25) is 0 Å².